The van der Waals surface area contributed by atoms with E-state index < -0.39 is 5.91 Å². The summed E-state index contributed by atoms with van der Waals surface area (Å²) < 4.78 is 10.6. The fraction of sp³-hybridized carbons (Fsp3) is 0.389. The summed E-state index contributed by atoms with van der Waals surface area (Å²) in [4.78, 5) is 22.7. The molecule has 2 aromatic rings. The second-order valence-corrected chi connectivity index (χ2v) is 6.36. The van der Waals surface area contributed by atoms with Crippen molar-refractivity contribution >= 4 is 23.1 Å². The summed E-state index contributed by atoms with van der Waals surface area (Å²) >= 11 is 0. The van der Waals surface area contributed by atoms with Crippen molar-refractivity contribution in [1.29, 1.82) is 0 Å². The topological polar surface area (TPSA) is 103 Å². The average Bonchev–Trinajstić information content (AvgIpc) is 2.62. The van der Waals surface area contributed by atoms with E-state index in [1.165, 1.54) is 0 Å². The van der Waals surface area contributed by atoms with Crippen LogP contribution >= 0.6 is 0 Å². The molecule has 0 aliphatic carbocycles. The van der Waals surface area contributed by atoms with Gasteiger partial charge in [0.05, 0.1) is 32.1 Å². The maximum Gasteiger partial charge on any atom is 0.271 e. The van der Waals surface area contributed by atoms with Crippen LogP contribution in [-0.4, -0.2) is 55.4 Å². The van der Waals surface area contributed by atoms with Crippen LogP contribution in [0.5, 0.6) is 0 Å². The summed E-state index contributed by atoms with van der Waals surface area (Å²) in [5.41, 5.74) is 8.33. The van der Waals surface area contributed by atoms with Crippen LogP contribution in [0.4, 0.5) is 17.2 Å². The molecule has 2 fully saturated rings. The molecule has 0 unspecified atom stereocenters. The Kier molecular flexibility index (Phi) is 4.68. The van der Waals surface area contributed by atoms with Gasteiger partial charge in [0, 0.05) is 36.6 Å². The molecule has 8 nitrogen and oxygen atoms in total. The smallest absolute Gasteiger partial charge is 0.271 e. The number of carbonyl (C=O) groups is 1. The van der Waals surface area contributed by atoms with E-state index >= 15 is 0 Å². The second-order valence-electron chi connectivity index (χ2n) is 6.36. The predicted octanol–water partition coefficient (Wildman–Crippen LogP) is 1.27. The first kappa shape index (κ1) is 16.7. The van der Waals surface area contributed by atoms with Crippen LogP contribution in [0.1, 0.15) is 22.1 Å². The van der Waals surface area contributed by atoms with Gasteiger partial charge in [-0.2, -0.15) is 0 Å². The monoisotopic (exact) mass is 355 g/mol. The summed E-state index contributed by atoms with van der Waals surface area (Å²) in [7, 11) is 0. The summed E-state index contributed by atoms with van der Waals surface area (Å²) in [6, 6.07) is 7.98. The lowest BCUT2D eigenvalue weighted by Crippen LogP contribution is -2.36. The van der Waals surface area contributed by atoms with E-state index in [1.807, 2.05) is 24.3 Å². The molecule has 3 heterocycles. The lowest BCUT2D eigenvalue weighted by Gasteiger charge is -2.29. The number of hydrogen-bond acceptors (Lipinski definition) is 7. The van der Waals surface area contributed by atoms with Crippen LogP contribution in [0.25, 0.3) is 0 Å². The Labute approximate surface area is 151 Å². The molecule has 2 aliphatic heterocycles. The number of rotatable bonds is 5. The van der Waals surface area contributed by atoms with E-state index in [9.17, 15) is 4.79 Å². The Balaban J connectivity index is 1.54. The molecule has 2 saturated heterocycles. The van der Waals surface area contributed by atoms with Crippen molar-refractivity contribution in [3.63, 3.8) is 0 Å². The number of morpholine rings is 1. The Morgan fingerprint density at radius 2 is 1.88 bits per heavy atom. The zero-order valence-corrected chi connectivity index (χ0v) is 14.4. The Morgan fingerprint density at radius 3 is 2.50 bits per heavy atom. The number of ether oxygens (including phenoxy) is 2. The molecule has 3 N–H and O–H groups in total. The van der Waals surface area contributed by atoms with Crippen molar-refractivity contribution in [3.05, 3.63) is 41.9 Å². The summed E-state index contributed by atoms with van der Waals surface area (Å²) in [6.07, 6.45) is 1.60. The number of anilines is 3. The standard InChI is InChI=1S/C18H21N5O3/c19-17(24)16-18(22-15(9-20-16)12-10-26-11-12)21-13-1-3-14(4-2-13)23-5-7-25-8-6-23/h1-4,9,12H,5-8,10-11H2,(H2,19,24)(H,21,22). The van der Waals surface area contributed by atoms with E-state index in [4.69, 9.17) is 15.2 Å². The zero-order chi connectivity index (χ0) is 17.9. The van der Waals surface area contributed by atoms with Crippen LogP contribution in [0.3, 0.4) is 0 Å². The van der Waals surface area contributed by atoms with Gasteiger partial charge in [-0.25, -0.2) is 9.97 Å². The third kappa shape index (κ3) is 3.47. The molecule has 4 rings (SSSR count). The molecule has 136 valence electrons. The van der Waals surface area contributed by atoms with E-state index in [2.05, 4.69) is 20.2 Å². The maximum absolute atomic E-state index is 11.7. The fourth-order valence-corrected chi connectivity index (χ4v) is 2.99. The van der Waals surface area contributed by atoms with Crippen LogP contribution in [0, 0.1) is 0 Å². The highest BCUT2D eigenvalue weighted by atomic mass is 16.5. The van der Waals surface area contributed by atoms with Gasteiger partial charge in [0.25, 0.3) is 5.91 Å². The number of carbonyl (C=O) groups excluding carboxylic acids is 1. The minimum absolute atomic E-state index is 0.131. The third-order valence-corrected chi connectivity index (χ3v) is 4.59. The van der Waals surface area contributed by atoms with E-state index in [-0.39, 0.29) is 11.6 Å². The van der Waals surface area contributed by atoms with Crippen molar-refractivity contribution in [2.24, 2.45) is 5.73 Å². The lowest BCUT2D eigenvalue weighted by molar-refractivity contribution is 0.00661. The molecule has 0 spiro atoms. The molecule has 2 aliphatic rings. The molecular formula is C18H21N5O3. The van der Waals surface area contributed by atoms with Crippen LogP contribution in [0.15, 0.2) is 30.5 Å². The van der Waals surface area contributed by atoms with Gasteiger partial charge >= 0.3 is 0 Å². The van der Waals surface area contributed by atoms with Gasteiger partial charge < -0.3 is 25.4 Å². The minimum Gasteiger partial charge on any atom is -0.380 e. The zero-order valence-electron chi connectivity index (χ0n) is 14.4. The molecule has 0 bridgehead atoms. The van der Waals surface area contributed by atoms with Gasteiger partial charge in [-0.15, -0.1) is 0 Å². The van der Waals surface area contributed by atoms with Crippen molar-refractivity contribution in [1.82, 2.24) is 9.97 Å². The summed E-state index contributed by atoms with van der Waals surface area (Å²) in [6.45, 7) is 4.51. The number of nitrogens with one attached hydrogen (secondary N) is 1. The van der Waals surface area contributed by atoms with Gasteiger partial charge in [0.1, 0.15) is 0 Å². The molecular weight excluding hydrogens is 334 g/mol. The molecule has 1 aromatic heterocycles. The van der Waals surface area contributed by atoms with Crippen LogP contribution in [0.2, 0.25) is 0 Å². The molecule has 1 aromatic carbocycles. The normalized spacial score (nSPS) is 17.6. The van der Waals surface area contributed by atoms with Crippen molar-refractivity contribution in [2.45, 2.75) is 5.92 Å². The molecule has 0 saturated carbocycles. The number of nitrogens with zero attached hydrogens (tertiary/aromatic N) is 3. The van der Waals surface area contributed by atoms with E-state index in [0.29, 0.717) is 19.0 Å². The fourth-order valence-electron chi connectivity index (χ4n) is 2.99. The first-order valence-corrected chi connectivity index (χ1v) is 8.65. The maximum atomic E-state index is 11.7. The molecule has 1 amide bonds. The van der Waals surface area contributed by atoms with Crippen molar-refractivity contribution < 1.29 is 14.3 Å². The number of aromatic nitrogens is 2. The van der Waals surface area contributed by atoms with E-state index in [1.54, 1.807) is 6.20 Å². The lowest BCUT2D eigenvalue weighted by atomic mass is 10.0. The Hall–Kier alpha value is -2.71. The first-order valence-electron chi connectivity index (χ1n) is 8.65. The molecule has 8 heteroatoms. The highest BCUT2D eigenvalue weighted by molar-refractivity contribution is 5.96. The molecule has 0 radical (unpaired) electrons. The number of hydrogen-bond donors (Lipinski definition) is 2. The van der Waals surface area contributed by atoms with Gasteiger partial charge in [-0.05, 0) is 24.3 Å². The van der Waals surface area contributed by atoms with Gasteiger partial charge in [-0.3, -0.25) is 4.79 Å². The predicted molar refractivity (Wildman–Crippen MR) is 96.9 cm³/mol. The number of nitrogens with two attached hydrogens (primary N) is 1. The molecule has 0 atom stereocenters. The third-order valence-electron chi connectivity index (χ3n) is 4.59. The highest BCUT2D eigenvalue weighted by Crippen LogP contribution is 2.26. The molecule has 26 heavy (non-hydrogen) atoms. The van der Waals surface area contributed by atoms with Crippen LogP contribution < -0.4 is 16.0 Å². The minimum atomic E-state index is -0.610. The quantitative estimate of drug-likeness (QED) is 0.832. The largest absolute Gasteiger partial charge is 0.380 e. The van der Waals surface area contributed by atoms with Gasteiger partial charge in [-0.1, -0.05) is 0 Å². The van der Waals surface area contributed by atoms with Crippen molar-refractivity contribution in [2.75, 3.05) is 49.7 Å². The number of benzene rings is 1. The second kappa shape index (κ2) is 7.27. The summed E-state index contributed by atoms with van der Waals surface area (Å²) in [5.74, 6) is -0.0176. The van der Waals surface area contributed by atoms with Crippen molar-refractivity contribution in [3.8, 4) is 0 Å². The average molecular weight is 355 g/mol. The first-order chi connectivity index (χ1) is 12.7. The Bertz CT molecular complexity index is 786. The van der Waals surface area contributed by atoms with Crippen LogP contribution in [-0.2, 0) is 9.47 Å². The van der Waals surface area contributed by atoms with Gasteiger partial charge in [0.2, 0.25) is 0 Å². The van der Waals surface area contributed by atoms with E-state index in [0.717, 1.165) is 43.4 Å². The van der Waals surface area contributed by atoms with Gasteiger partial charge in [0.15, 0.2) is 11.5 Å². The number of primary amides is 1. The number of amides is 1. The summed E-state index contributed by atoms with van der Waals surface area (Å²) in [5, 5.41) is 3.17. The SMILES string of the molecule is NC(=O)c1ncc(C2COC2)nc1Nc1ccc(N2CCOCC2)cc1. The highest BCUT2D eigenvalue weighted by Gasteiger charge is 2.24. The Morgan fingerprint density at radius 1 is 1.15 bits per heavy atom.